The van der Waals surface area contributed by atoms with Gasteiger partial charge in [-0.1, -0.05) is 23.7 Å². The highest BCUT2D eigenvalue weighted by atomic mass is 35.5. The number of pyridine rings is 1. The second kappa shape index (κ2) is 8.30. The van der Waals surface area contributed by atoms with E-state index in [2.05, 4.69) is 10.3 Å². The summed E-state index contributed by atoms with van der Waals surface area (Å²) in [5.41, 5.74) is 0.744. The number of aromatic nitrogens is 1. The lowest BCUT2D eigenvalue weighted by Gasteiger charge is -2.34. The molecule has 0 radical (unpaired) electrons. The van der Waals surface area contributed by atoms with Crippen molar-refractivity contribution in [1.82, 2.24) is 9.29 Å². The number of rotatable bonds is 5. The van der Waals surface area contributed by atoms with Crippen LogP contribution in [0.4, 0.5) is 11.5 Å². The molecule has 1 aliphatic heterocycles. The van der Waals surface area contributed by atoms with E-state index in [9.17, 15) is 13.2 Å². The largest absolute Gasteiger partial charge is 0.354 e. The van der Waals surface area contributed by atoms with Crippen LogP contribution in [0.2, 0.25) is 5.02 Å². The molecule has 0 atom stereocenters. The molecule has 0 aliphatic carbocycles. The van der Waals surface area contributed by atoms with Crippen LogP contribution in [-0.2, 0) is 20.2 Å². The van der Waals surface area contributed by atoms with Gasteiger partial charge in [0, 0.05) is 31.2 Å². The lowest BCUT2D eigenvalue weighted by atomic mass is 9.83. The topological polar surface area (TPSA) is 82.6 Å². The Morgan fingerprint density at radius 1 is 1.07 bits per heavy atom. The smallest absolute Gasteiger partial charge is 0.234 e. The van der Waals surface area contributed by atoms with E-state index in [4.69, 9.17) is 11.6 Å². The normalized spacial score (nSPS) is 15.9. The van der Waals surface area contributed by atoms with Crippen LogP contribution in [0.3, 0.4) is 0 Å². The molecule has 0 bridgehead atoms. The van der Waals surface area contributed by atoms with Gasteiger partial charge in [-0.15, -0.1) is 0 Å². The molecule has 7 nitrogen and oxygen atoms in total. The molecular formula is C20H25ClN4O3S. The first-order valence-corrected chi connectivity index (χ1v) is 11.5. The number of nitrogens with one attached hydrogen (secondary N) is 1. The van der Waals surface area contributed by atoms with Gasteiger partial charge in [0.2, 0.25) is 15.9 Å². The highest BCUT2D eigenvalue weighted by Crippen LogP contribution is 2.27. The van der Waals surface area contributed by atoms with Crippen molar-refractivity contribution in [2.24, 2.45) is 0 Å². The minimum Gasteiger partial charge on any atom is -0.354 e. The molecule has 1 saturated heterocycles. The maximum atomic E-state index is 12.8. The highest BCUT2D eigenvalue weighted by Gasteiger charge is 2.30. The minimum absolute atomic E-state index is 0.142. The molecule has 156 valence electrons. The van der Waals surface area contributed by atoms with Crippen LogP contribution in [0, 0.1) is 0 Å². The first kappa shape index (κ1) is 21.5. The van der Waals surface area contributed by atoms with Crippen molar-refractivity contribution in [2.45, 2.75) is 19.3 Å². The maximum absolute atomic E-state index is 12.8. The fraction of sp³-hybridized carbons (Fsp3) is 0.400. The number of halogens is 1. The van der Waals surface area contributed by atoms with Gasteiger partial charge in [0.05, 0.1) is 23.6 Å². The van der Waals surface area contributed by atoms with Gasteiger partial charge in [-0.2, -0.15) is 4.31 Å². The number of carbonyl (C=O) groups excluding carboxylic acids is 1. The molecule has 2 heterocycles. The Morgan fingerprint density at radius 3 is 2.21 bits per heavy atom. The van der Waals surface area contributed by atoms with Gasteiger partial charge < -0.3 is 10.2 Å². The van der Waals surface area contributed by atoms with Crippen molar-refractivity contribution < 1.29 is 13.2 Å². The molecule has 0 spiro atoms. The first-order chi connectivity index (χ1) is 13.6. The average Bonchev–Trinajstić information content (AvgIpc) is 2.68. The Bertz CT molecular complexity index is 968. The van der Waals surface area contributed by atoms with E-state index < -0.39 is 15.4 Å². The number of sulfonamides is 1. The van der Waals surface area contributed by atoms with Gasteiger partial charge >= 0.3 is 0 Å². The summed E-state index contributed by atoms with van der Waals surface area (Å²) in [6.07, 6.45) is 2.85. The van der Waals surface area contributed by atoms with E-state index in [1.807, 2.05) is 36.9 Å². The van der Waals surface area contributed by atoms with E-state index in [-0.39, 0.29) is 5.91 Å². The van der Waals surface area contributed by atoms with Crippen LogP contribution in [0.1, 0.15) is 19.4 Å². The third kappa shape index (κ3) is 5.07. The number of amides is 1. The van der Waals surface area contributed by atoms with E-state index in [0.29, 0.717) is 36.9 Å². The van der Waals surface area contributed by atoms with Crippen molar-refractivity contribution in [3.63, 3.8) is 0 Å². The highest BCUT2D eigenvalue weighted by molar-refractivity contribution is 7.88. The molecule has 1 aromatic heterocycles. The third-order valence-electron chi connectivity index (χ3n) is 5.17. The summed E-state index contributed by atoms with van der Waals surface area (Å²) < 4.78 is 24.7. The van der Waals surface area contributed by atoms with Crippen LogP contribution in [0.5, 0.6) is 0 Å². The summed E-state index contributed by atoms with van der Waals surface area (Å²) in [5.74, 6) is 0.615. The van der Waals surface area contributed by atoms with Crippen molar-refractivity contribution in [1.29, 1.82) is 0 Å². The molecule has 0 saturated carbocycles. The van der Waals surface area contributed by atoms with E-state index >= 15 is 0 Å². The Labute approximate surface area is 176 Å². The zero-order valence-corrected chi connectivity index (χ0v) is 18.3. The zero-order chi connectivity index (χ0) is 21.2. The number of piperazine rings is 1. The summed E-state index contributed by atoms with van der Waals surface area (Å²) in [6.45, 7) is 5.75. The number of benzene rings is 1. The van der Waals surface area contributed by atoms with Gasteiger partial charge in [-0.25, -0.2) is 13.4 Å². The average molecular weight is 437 g/mol. The van der Waals surface area contributed by atoms with Crippen LogP contribution in [-0.4, -0.2) is 56.0 Å². The van der Waals surface area contributed by atoms with Crippen molar-refractivity contribution in [3.8, 4) is 0 Å². The second-order valence-corrected chi connectivity index (χ2v) is 10.1. The Hall–Kier alpha value is -2.16. The fourth-order valence-corrected chi connectivity index (χ4v) is 4.13. The van der Waals surface area contributed by atoms with E-state index in [1.54, 1.807) is 24.4 Å². The molecule has 1 fully saturated rings. The number of nitrogens with zero attached hydrogens (tertiary/aromatic N) is 3. The maximum Gasteiger partial charge on any atom is 0.234 e. The van der Waals surface area contributed by atoms with Gasteiger partial charge in [-0.3, -0.25) is 4.79 Å². The summed E-state index contributed by atoms with van der Waals surface area (Å²) in [4.78, 5) is 19.3. The number of carbonyl (C=O) groups is 1. The molecule has 1 aromatic carbocycles. The van der Waals surface area contributed by atoms with Crippen LogP contribution in [0.25, 0.3) is 0 Å². The van der Waals surface area contributed by atoms with Crippen molar-refractivity contribution in [3.05, 3.63) is 53.2 Å². The van der Waals surface area contributed by atoms with Crippen LogP contribution in [0.15, 0.2) is 42.6 Å². The lowest BCUT2D eigenvalue weighted by molar-refractivity contribution is -0.120. The zero-order valence-electron chi connectivity index (χ0n) is 16.7. The molecule has 1 amide bonds. The molecule has 3 rings (SSSR count). The Balaban J connectivity index is 1.63. The molecule has 0 unspecified atom stereocenters. The molecule has 1 aliphatic rings. The number of hydrogen-bond donors (Lipinski definition) is 1. The molecular weight excluding hydrogens is 412 g/mol. The summed E-state index contributed by atoms with van der Waals surface area (Å²) in [6, 6.07) is 10.9. The SMILES string of the molecule is CC(C)(C(=O)Nc1ccc(N2CCN(S(C)(=O)=O)CC2)nc1)c1ccc(Cl)cc1. The van der Waals surface area contributed by atoms with Gasteiger partial charge in [0.1, 0.15) is 5.82 Å². The lowest BCUT2D eigenvalue weighted by Crippen LogP contribution is -2.48. The van der Waals surface area contributed by atoms with Crippen LogP contribution < -0.4 is 10.2 Å². The van der Waals surface area contributed by atoms with Gasteiger partial charge in [0.25, 0.3) is 0 Å². The van der Waals surface area contributed by atoms with Crippen molar-refractivity contribution >= 4 is 39.0 Å². The standard InChI is InChI=1S/C20H25ClN4O3S/c1-20(2,15-4-6-16(21)7-5-15)19(26)23-17-8-9-18(22-14-17)24-10-12-25(13-11-24)29(3,27)28/h4-9,14H,10-13H2,1-3H3,(H,23,26). The predicted octanol–water partition coefficient (Wildman–Crippen LogP) is 2.73. The molecule has 9 heteroatoms. The van der Waals surface area contributed by atoms with Crippen LogP contribution >= 0.6 is 11.6 Å². The Morgan fingerprint density at radius 2 is 1.69 bits per heavy atom. The minimum atomic E-state index is -3.16. The number of anilines is 2. The Kier molecular flexibility index (Phi) is 6.16. The molecule has 29 heavy (non-hydrogen) atoms. The quantitative estimate of drug-likeness (QED) is 0.779. The second-order valence-electron chi connectivity index (χ2n) is 7.64. The summed E-state index contributed by atoms with van der Waals surface area (Å²) in [7, 11) is -3.16. The predicted molar refractivity (Wildman–Crippen MR) is 116 cm³/mol. The number of hydrogen-bond acceptors (Lipinski definition) is 5. The monoisotopic (exact) mass is 436 g/mol. The fourth-order valence-electron chi connectivity index (χ4n) is 3.18. The van der Waals surface area contributed by atoms with Crippen molar-refractivity contribution in [2.75, 3.05) is 42.7 Å². The summed E-state index contributed by atoms with van der Waals surface area (Å²) >= 11 is 5.93. The first-order valence-electron chi connectivity index (χ1n) is 9.31. The molecule has 1 N–H and O–H groups in total. The van der Waals surface area contributed by atoms with Gasteiger partial charge in [-0.05, 0) is 43.7 Å². The van der Waals surface area contributed by atoms with E-state index in [0.717, 1.165) is 11.4 Å². The third-order valence-corrected chi connectivity index (χ3v) is 6.73. The van der Waals surface area contributed by atoms with E-state index in [1.165, 1.54) is 10.6 Å². The van der Waals surface area contributed by atoms with Gasteiger partial charge in [0.15, 0.2) is 0 Å². The molecule has 2 aromatic rings. The summed E-state index contributed by atoms with van der Waals surface area (Å²) in [5, 5.41) is 3.54.